The lowest BCUT2D eigenvalue weighted by Gasteiger charge is -2.47. The standard InChI is InChI=1S/C15H21NO2/c1-12-3-2-4-14(9-12)18-8-7-16-10-15(17,11-16)13-5-6-13/h2-4,9,13,17H,5-8,10-11H2,1H3. The number of rotatable bonds is 5. The third-order valence-electron chi connectivity index (χ3n) is 4.00. The first-order chi connectivity index (χ1) is 8.66. The molecule has 0 amide bonds. The zero-order valence-corrected chi connectivity index (χ0v) is 10.9. The molecule has 0 spiro atoms. The van der Waals surface area contributed by atoms with Gasteiger partial charge in [-0.15, -0.1) is 0 Å². The van der Waals surface area contributed by atoms with Crippen LogP contribution in [0, 0.1) is 12.8 Å². The van der Waals surface area contributed by atoms with Crippen molar-refractivity contribution in [3.05, 3.63) is 29.8 Å². The van der Waals surface area contributed by atoms with Crippen molar-refractivity contribution in [1.82, 2.24) is 4.90 Å². The maximum absolute atomic E-state index is 10.2. The molecule has 98 valence electrons. The van der Waals surface area contributed by atoms with Crippen LogP contribution in [0.4, 0.5) is 0 Å². The van der Waals surface area contributed by atoms with Gasteiger partial charge in [0.05, 0.1) is 5.60 Å². The van der Waals surface area contributed by atoms with Crippen LogP contribution in [0.5, 0.6) is 5.75 Å². The Balaban J connectivity index is 1.38. The van der Waals surface area contributed by atoms with Gasteiger partial charge in [-0.05, 0) is 43.4 Å². The van der Waals surface area contributed by atoms with E-state index >= 15 is 0 Å². The van der Waals surface area contributed by atoms with Gasteiger partial charge in [0.25, 0.3) is 0 Å². The normalized spacial score (nSPS) is 22.6. The molecule has 1 aromatic rings. The second-order valence-corrected chi connectivity index (χ2v) is 5.75. The quantitative estimate of drug-likeness (QED) is 0.861. The van der Waals surface area contributed by atoms with Crippen molar-refractivity contribution in [2.75, 3.05) is 26.2 Å². The number of β-amino-alcohol motifs (C(OH)–C–C–N with tert-alkyl or cyclic N) is 1. The molecule has 1 aliphatic carbocycles. The van der Waals surface area contributed by atoms with Gasteiger partial charge in [-0.25, -0.2) is 0 Å². The summed E-state index contributed by atoms with van der Waals surface area (Å²) in [7, 11) is 0. The van der Waals surface area contributed by atoms with E-state index in [1.165, 1.54) is 18.4 Å². The van der Waals surface area contributed by atoms with Crippen molar-refractivity contribution in [2.45, 2.75) is 25.4 Å². The molecule has 0 aromatic heterocycles. The minimum absolute atomic E-state index is 0.372. The van der Waals surface area contributed by atoms with Gasteiger partial charge < -0.3 is 9.84 Å². The molecular weight excluding hydrogens is 226 g/mol. The highest BCUT2D eigenvalue weighted by atomic mass is 16.5. The van der Waals surface area contributed by atoms with Crippen LogP contribution in [-0.4, -0.2) is 41.8 Å². The smallest absolute Gasteiger partial charge is 0.119 e. The highest BCUT2D eigenvalue weighted by molar-refractivity contribution is 5.27. The Kier molecular flexibility index (Phi) is 3.04. The third kappa shape index (κ3) is 2.52. The van der Waals surface area contributed by atoms with Crippen LogP contribution in [0.15, 0.2) is 24.3 Å². The van der Waals surface area contributed by atoms with Crippen molar-refractivity contribution in [1.29, 1.82) is 0 Å². The van der Waals surface area contributed by atoms with Crippen LogP contribution in [0.25, 0.3) is 0 Å². The first-order valence-electron chi connectivity index (χ1n) is 6.80. The van der Waals surface area contributed by atoms with E-state index in [1.807, 2.05) is 12.1 Å². The molecule has 2 fully saturated rings. The van der Waals surface area contributed by atoms with E-state index in [2.05, 4.69) is 24.0 Å². The molecular formula is C15H21NO2. The van der Waals surface area contributed by atoms with E-state index < -0.39 is 0 Å². The van der Waals surface area contributed by atoms with Crippen molar-refractivity contribution < 1.29 is 9.84 Å². The molecule has 0 bridgehead atoms. The van der Waals surface area contributed by atoms with E-state index in [1.54, 1.807) is 0 Å². The van der Waals surface area contributed by atoms with Crippen LogP contribution in [0.1, 0.15) is 18.4 Å². The Hall–Kier alpha value is -1.06. The summed E-state index contributed by atoms with van der Waals surface area (Å²) < 4.78 is 5.71. The fourth-order valence-corrected chi connectivity index (χ4v) is 2.76. The maximum Gasteiger partial charge on any atom is 0.119 e. The Labute approximate surface area is 108 Å². The summed E-state index contributed by atoms with van der Waals surface area (Å²) in [4.78, 5) is 2.27. The van der Waals surface area contributed by atoms with Crippen molar-refractivity contribution in [3.63, 3.8) is 0 Å². The van der Waals surface area contributed by atoms with E-state index in [0.29, 0.717) is 12.5 Å². The number of ether oxygens (including phenoxy) is 1. The van der Waals surface area contributed by atoms with Crippen molar-refractivity contribution in [2.24, 2.45) is 5.92 Å². The summed E-state index contributed by atoms with van der Waals surface area (Å²) in [5, 5.41) is 10.2. The Morgan fingerprint density at radius 3 is 2.83 bits per heavy atom. The number of hydrogen-bond donors (Lipinski definition) is 1. The van der Waals surface area contributed by atoms with E-state index in [-0.39, 0.29) is 5.60 Å². The second-order valence-electron chi connectivity index (χ2n) is 5.75. The molecule has 0 atom stereocenters. The summed E-state index contributed by atoms with van der Waals surface area (Å²) in [5.41, 5.74) is 0.850. The molecule has 3 heteroatoms. The van der Waals surface area contributed by atoms with E-state index in [4.69, 9.17) is 4.74 Å². The molecule has 2 aliphatic rings. The van der Waals surface area contributed by atoms with Gasteiger partial charge >= 0.3 is 0 Å². The molecule has 3 rings (SSSR count). The Morgan fingerprint density at radius 2 is 2.17 bits per heavy atom. The average Bonchev–Trinajstić information content (AvgIpc) is 3.10. The molecule has 1 aromatic carbocycles. The highest BCUT2D eigenvalue weighted by Crippen LogP contribution is 2.44. The van der Waals surface area contributed by atoms with Crippen LogP contribution in [0.2, 0.25) is 0 Å². The molecule has 1 heterocycles. The number of nitrogens with zero attached hydrogens (tertiary/aromatic N) is 1. The minimum Gasteiger partial charge on any atom is -0.492 e. The summed E-state index contributed by atoms with van der Waals surface area (Å²) in [6.45, 7) is 5.33. The molecule has 3 nitrogen and oxygen atoms in total. The predicted octanol–water partition coefficient (Wildman–Crippen LogP) is 1.83. The number of aliphatic hydroxyl groups is 1. The molecule has 1 saturated carbocycles. The van der Waals surface area contributed by atoms with Gasteiger partial charge in [0.1, 0.15) is 12.4 Å². The minimum atomic E-state index is -0.372. The fraction of sp³-hybridized carbons (Fsp3) is 0.600. The summed E-state index contributed by atoms with van der Waals surface area (Å²) in [5.74, 6) is 1.51. The van der Waals surface area contributed by atoms with Gasteiger partial charge in [0.15, 0.2) is 0 Å². The Morgan fingerprint density at radius 1 is 1.39 bits per heavy atom. The third-order valence-corrected chi connectivity index (χ3v) is 4.00. The first kappa shape index (κ1) is 12.0. The molecule has 1 N–H and O–H groups in total. The largest absolute Gasteiger partial charge is 0.492 e. The lowest BCUT2D eigenvalue weighted by molar-refractivity contribution is -0.115. The number of aryl methyl sites for hydroxylation is 1. The summed E-state index contributed by atoms with van der Waals surface area (Å²) >= 11 is 0. The number of hydrogen-bond acceptors (Lipinski definition) is 3. The highest BCUT2D eigenvalue weighted by Gasteiger charge is 2.51. The van der Waals surface area contributed by atoms with Gasteiger partial charge in [0, 0.05) is 19.6 Å². The van der Waals surface area contributed by atoms with Crippen molar-refractivity contribution in [3.8, 4) is 5.75 Å². The summed E-state index contributed by atoms with van der Waals surface area (Å²) in [6.07, 6.45) is 2.42. The van der Waals surface area contributed by atoms with E-state index in [0.717, 1.165) is 25.4 Å². The first-order valence-corrected chi connectivity index (χ1v) is 6.80. The number of likely N-dealkylation sites (tertiary alicyclic amines) is 1. The lowest BCUT2D eigenvalue weighted by Crippen LogP contribution is -2.63. The fourth-order valence-electron chi connectivity index (χ4n) is 2.76. The topological polar surface area (TPSA) is 32.7 Å². The van der Waals surface area contributed by atoms with Crippen molar-refractivity contribution >= 4 is 0 Å². The van der Waals surface area contributed by atoms with Crippen LogP contribution < -0.4 is 4.74 Å². The molecule has 1 aliphatic heterocycles. The van der Waals surface area contributed by atoms with Crippen LogP contribution in [0.3, 0.4) is 0 Å². The zero-order valence-electron chi connectivity index (χ0n) is 10.9. The Bertz CT molecular complexity index is 422. The molecule has 18 heavy (non-hydrogen) atoms. The second kappa shape index (κ2) is 4.56. The van der Waals surface area contributed by atoms with Gasteiger partial charge in [-0.1, -0.05) is 12.1 Å². The lowest BCUT2D eigenvalue weighted by atomic mass is 9.89. The van der Waals surface area contributed by atoms with Crippen LogP contribution in [-0.2, 0) is 0 Å². The number of benzene rings is 1. The SMILES string of the molecule is Cc1cccc(OCCN2CC(O)(C3CC3)C2)c1. The monoisotopic (exact) mass is 247 g/mol. The summed E-state index contributed by atoms with van der Waals surface area (Å²) in [6, 6.07) is 8.12. The molecule has 1 saturated heterocycles. The maximum atomic E-state index is 10.2. The van der Waals surface area contributed by atoms with Crippen LogP contribution >= 0.6 is 0 Å². The van der Waals surface area contributed by atoms with E-state index in [9.17, 15) is 5.11 Å². The molecule has 0 unspecified atom stereocenters. The van der Waals surface area contributed by atoms with Gasteiger partial charge in [0.2, 0.25) is 0 Å². The van der Waals surface area contributed by atoms with Gasteiger partial charge in [-0.2, -0.15) is 0 Å². The predicted molar refractivity (Wildman–Crippen MR) is 70.8 cm³/mol. The van der Waals surface area contributed by atoms with Gasteiger partial charge in [-0.3, -0.25) is 4.90 Å². The zero-order chi connectivity index (χ0) is 12.6. The average molecular weight is 247 g/mol. The molecule has 0 radical (unpaired) electrons.